The van der Waals surface area contributed by atoms with E-state index in [1.165, 1.54) is 12.1 Å². The van der Waals surface area contributed by atoms with Gasteiger partial charge in [0.2, 0.25) is 0 Å². The average Bonchev–Trinajstić information content (AvgIpc) is 2.21. The maximum Gasteiger partial charge on any atom is 0.411 e. The fourth-order valence-corrected chi connectivity index (χ4v) is 1.52. The second-order valence-corrected chi connectivity index (χ2v) is 4.16. The topological polar surface area (TPSA) is 29.5 Å². The first-order valence-electron chi connectivity index (χ1n) is 5.04. The smallest absolute Gasteiger partial charge is 0.390 e. The van der Waals surface area contributed by atoms with E-state index in [0.717, 1.165) is 6.07 Å². The molecule has 0 bridgehead atoms. The molecule has 0 amide bonds. The van der Waals surface area contributed by atoms with Crippen molar-refractivity contribution in [2.24, 2.45) is 0 Å². The van der Waals surface area contributed by atoms with Crippen LogP contribution in [-0.2, 0) is 11.2 Å². The van der Waals surface area contributed by atoms with Crippen molar-refractivity contribution in [1.82, 2.24) is 0 Å². The van der Waals surface area contributed by atoms with Crippen LogP contribution in [0.5, 0.6) is 0 Å². The minimum Gasteiger partial charge on any atom is -0.390 e. The van der Waals surface area contributed by atoms with Gasteiger partial charge in [-0.1, -0.05) is 11.6 Å². The molecule has 1 atom stereocenters. The molecule has 2 nitrogen and oxygen atoms in total. The molecule has 1 aromatic rings. The molecule has 0 saturated carbocycles. The SMILES string of the molecule is OC(COCC(F)(F)F)Cc1cc(Cl)ccc1F. The van der Waals surface area contributed by atoms with Gasteiger partial charge in [0.1, 0.15) is 12.4 Å². The summed E-state index contributed by atoms with van der Waals surface area (Å²) >= 11 is 5.64. The maximum atomic E-state index is 13.3. The predicted octanol–water partition coefficient (Wildman–Crippen LogP) is 2.96. The number of aliphatic hydroxyl groups is 1. The molecular formula is C11H11ClF4O2. The van der Waals surface area contributed by atoms with Gasteiger partial charge in [-0.2, -0.15) is 13.2 Å². The van der Waals surface area contributed by atoms with Gasteiger partial charge in [0.05, 0.1) is 12.7 Å². The monoisotopic (exact) mass is 286 g/mol. The van der Waals surface area contributed by atoms with Gasteiger partial charge in [-0.25, -0.2) is 4.39 Å². The molecular weight excluding hydrogens is 276 g/mol. The number of rotatable bonds is 5. The highest BCUT2D eigenvalue weighted by Gasteiger charge is 2.27. The summed E-state index contributed by atoms with van der Waals surface area (Å²) in [6.45, 7) is -1.96. The number of aliphatic hydroxyl groups excluding tert-OH is 1. The number of halogens is 5. The van der Waals surface area contributed by atoms with Crippen LogP contribution in [-0.4, -0.2) is 30.6 Å². The summed E-state index contributed by atoms with van der Waals surface area (Å²) in [6, 6.07) is 3.78. The van der Waals surface area contributed by atoms with Crippen molar-refractivity contribution in [3.8, 4) is 0 Å². The number of benzene rings is 1. The van der Waals surface area contributed by atoms with Crippen molar-refractivity contribution < 1.29 is 27.4 Å². The Bertz CT molecular complexity index is 395. The van der Waals surface area contributed by atoms with E-state index in [1.54, 1.807) is 0 Å². The fraction of sp³-hybridized carbons (Fsp3) is 0.455. The molecule has 0 fully saturated rings. The summed E-state index contributed by atoms with van der Waals surface area (Å²) in [4.78, 5) is 0. The van der Waals surface area contributed by atoms with E-state index in [-0.39, 0.29) is 17.0 Å². The third kappa shape index (κ3) is 5.66. The third-order valence-corrected chi connectivity index (χ3v) is 2.27. The minimum absolute atomic E-state index is 0.130. The van der Waals surface area contributed by atoms with E-state index >= 15 is 0 Å². The van der Waals surface area contributed by atoms with Crippen molar-refractivity contribution in [1.29, 1.82) is 0 Å². The van der Waals surface area contributed by atoms with Gasteiger partial charge >= 0.3 is 6.18 Å². The lowest BCUT2D eigenvalue weighted by molar-refractivity contribution is -0.179. The molecule has 0 aliphatic rings. The van der Waals surface area contributed by atoms with Crippen LogP contribution in [0.25, 0.3) is 0 Å². The second kappa shape index (κ2) is 6.36. The molecule has 7 heteroatoms. The Hall–Kier alpha value is -0.850. The summed E-state index contributed by atoms with van der Waals surface area (Å²) < 4.78 is 52.8. The van der Waals surface area contributed by atoms with Gasteiger partial charge in [0, 0.05) is 11.4 Å². The molecule has 1 N–H and O–H groups in total. The van der Waals surface area contributed by atoms with Crippen molar-refractivity contribution in [2.45, 2.75) is 18.7 Å². The van der Waals surface area contributed by atoms with Crippen LogP contribution >= 0.6 is 11.6 Å². The highest BCUT2D eigenvalue weighted by molar-refractivity contribution is 6.30. The lowest BCUT2D eigenvalue weighted by Gasteiger charge is -2.13. The van der Waals surface area contributed by atoms with E-state index in [2.05, 4.69) is 4.74 Å². The van der Waals surface area contributed by atoms with Crippen molar-refractivity contribution in [3.05, 3.63) is 34.6 Å². The Kier molecular flexibility index (Phi) is 5.37. The van der Waals surface area contributed by atoms with Gasteiger partial charge in [-0.3, -0.25) is 0 Å². The first kappa shape index (κ1) is 15.2. The minimum atomic E-state index is -4.44. The number of hydrogen-bond donors (Lipinski definition) is 1. The molecule has 0 saturated heterocycles. The maximum absolute atomic E-state index is 13.3. The van der Waals surface area contributed by atoms with Crippen LogP contribution in [0.3, 0.4) is 0 Å². The molecule has 1 unspecified atom stereocenters. The molecule has 102 valence electrons. The van der Waals surface area contributed by atoms with Crippen LogP contribution in [0.15, 0.2) is 18.2 Å². The van der Waals surface area contributed by atoms with Crippen molar-refractivity contribution in [2.75, 3.05) is 13.2 Å². The van der Waals surface area contributed by atoms with Crippen molar-refractivity contribution >= 4 is 11.6 Å². The van der Waals surface area contributed by atoms with E-state index in [4.69, 9.17) is 11.6 Å². The molecule has 1 aromatic carbocycles. The molecule has 0 radical (unpaired) electrons. The molecule has 1 rings (SSSR count). The molecule has 0 aliphatic heterocycles. The first-order valence-corrected chi connectivity index (χ1v) is 5.42. The number of ether oxygens (including phenoxy) is 1. The average molecular weight is 287 g/mol. The Morgan fingerprint density at radius 3 is 2.61 bits per heavy atom. The fourth-order valence-electron chi connectivity index (χ4n) is 1.32. The molecule has 18 heavy (non-hydrogen) atoms. The Balaban J connectivity index is 2.44. The first-order chi connectivity index (χ1) is 8.28. The molecule has 0 aliphatic carbocycles. The van der Waals surface area contributed by atoms with Gasteiger partial charge in [-0.05, 0) is 23.8 Å². The molecule has 0 spiro atoms. The predicted molar refractivity (Wildman–Crippen MR) is 58.0 cm³/mol. The zero-order chi connectivity index (χ0) is 13.8. The highest BCUT2D eigenvalue weighted by Crippen LogP contribution is 2.17. The van der Waals surface area contributed by atoms with Crippen LogP contribution in [0.4, 0.5) is 17.6 Å². The van der Waals surface area contributed by atoms with E-state index in [0.29, 0.717) is 0 Å². The van der Waals surface area contributed by atoms with Crippen LogP contribution in [0.1, 0.15) is 5.56 Å². The summed E-state index contributed by atoms with van der Waals surface area (Å²) in [7, 11) is 0. The van der Waals surface area contributed by atoms with Gasteiger partial charge < -0.3 is 9.84 Å². The standard InChI is InChI=1S/C11H11ClF4O2/c12-8-1-2-10(13)7(3-8)4-9(17)5-18-6-11(14,15)16/h1-3,9,17H,4-6H2. The lowest BCUT2D eigenvalue weighted by Crippen LogP contribution is -2.24. The van der Waals surface area contributed by atoms with Gasteiger partial charge in [0.25, 0.3) is 0 Å². The summed E-state index contributed by atoms with van der Waals surface area (Å²) in [5.41, 5.74) is 0.130. The Labute approximate surface area is 106 Å². The Morgan fingerprint density at radius 2 is 2.00 bits per heavy atom. The van der Waals surface area contributed by atoms with E-state index in [9.17, 15) is 22.7 Å². The zero-order valence-electron chi connectivity index (χ0n) is 9.18. The number of hydrogen-bond acceptors (Lipinski definition) is 2. The van der Waals surface area contributed by atoms with Crippen LogP contribution < -0.4 is 0 Å². The van der Waals surface area contributed by atoms with E-state index in [1.807, 2.05) is 0 Å². The Morgan fingerprint density at radius 1 is 1.33 bits per heavy atom. The number of alkyl halides is 3. The summed E-state index contributed by atoms with van der Waals surface area (Å²) in [5.74, 6) is -0.575. The van der Waals surface area contributed by atoms with Crippen LogP contribution in [0.2, 0.25) is 5.02 Å². The molecule has 0 heterocycles. The summed E-state index contributed by atoms with van der Waals surface area (Å²) in [6.07, 6.45) is -5.83. The normalized spacial score (nSPS) is 13.7. The van der Waals surface area contributed by atoms with Gasteiger partial charge in [0.15, 0.2) is 0 Å². The van der Waals surface area contributed by atoms with E-state index < -0.39 is 31.3 Å². The zero-order valence-corrected chi connectivity index (χ0v) is 9.93. The lowest BCUT2D eigenvalue weighted by atomic mass is 10.1. The summed E-state index contributed by atoms with van der Waals surface area (Å²) in [5, 5.41) is 9.70. The molecule has 0 aromatic heterocycles. The third-order valence-electron chi connectivity index (χ3n) is 2.04. The second-order valence-electron chi connectivity index (χ2n) is 3.72. The highest BCUT2D eigenvalue weighted by atomic mass is 35.5. The van der Waals surface area contributed by atoms with Crippen LogP contribution in [0, 0.1) is 5.82 Å². The largest absolute Gasteiger partial charge is 0.411 e. The van der Waals surface area contributed by atoms with Crippen molar-refractivity contribution in [3.63, 3.8) is 0 Å². The van der Waals surface area contributed by atoms with Gasteiger partial charge in [-0.15, -0.1) is 0 Å². The quantitative estimate of drug-likeness (QED) is 0.843.